The highest BCUT2D eigenvalue weighted by Crippen LogP contribution is 2.28. The predicted octanol–water partition coefficient (Wildman–Crippen LogP) is 6.19. The van der Waals surface area contributed by atoms with Gasteiger partial charge in [0.25, 0.3) is 0 Å². The highest BCUT2D eigenvalue weighted by molar-refractivity contribution is 9.10. The Bertz CT molecular complexity index is 1130. The highest BCUT2D eigenvalue weighted by atomic mass is 79.9. The summed E-state index contributed by atoms with van der Waals surface area (Å²) in [6.07, 6.45) is -0.309. The number of aromatic nitrogens is 3. The second kappa shape index (κ2) is 11.8. The quantitative estimate of drug-likeness (QED) is 0.305. The minimum Gasteiger partial charge on any atom is -0.497 e. The number of hydrogen-bond acceptors (Lipinski definition) is 6. The highest BCUT2D eigenvalue weighted by Gasteiger charge is 2.21. The molecule has 3 aromatic rings. The Kier molecular flexibility index (Phi) is 9.02. The van der Waals surface area contributed by atoms with Crippen molar-refractivity contribution in [3.8, 4) is 11.5 Å². The van der Waals surface area contributed by atoms with Crippen molar-refractivity contribution in [1.29, 1.82) is 0 Å². The minimum atomic E-state index is -0.309. The van der Waals surface area contributed by atoms with E-state index in [0.717, 1.165) is 45.2 Å². The predicted molar refractivity (Wildman–Crippen MR) is 140 cm³/mol. The van der Waals surface area contributed by atoms with E-state index in [1.54, 1.807) is 7.11 Å². The molecule has 2 aromatic carbocycles. The van der Waals surface area contributed by atoms with E-state index in [0.29, 0.717) is 11.1 Å². The molecular weight excluding hydrogens is 516 g/mol. The Morgan fingerprint density at radius 1 is 1.06 bits per heavy atom. The summed E-state index contributed by atoms with van der Waals surface area (Å²) in [6.45, 7) is 11.0. The van der Waals surface area contributed by atoms with E-state index in [-0.39, 0.29) is 17.8 Å². The molecule has 0 bridgehead atoms. The maximum absolute atomic E-state index is 12.7. The molecule has 0 aliphatic carbocycles. The van der Waals surface area contributed by atoms with Gasteiger partial charge in [0, 0.05) is 16.7 Å². The third kappa shape index (κ3) is 6.54. The first-order valence-electron chi connectivity index (χ1n) is 11.1. The van der Waals surface area contributed by atoms with Gasteiger partial charge in [-0.3, -0.25) is 4.79 Å². The van der Waals surface area contributed by atoms with Gasteiger partial charge in [0.15, 0.2) is 17.1 Å². The first-order chi connectivity index (χ1) is 16.2. The summed E-state index contributed by atoms with van der Waals surface area (Å²) in [5, 5.41) is 12.5. The molecule has 1 amide bonds. The van der Waals surface area contributed by atoms with Gasteiger partial charge >= 0.3 is 0 Å². The van der Waals surface area contributed by atoms with Gasteiger partial charge in [-0.15, -0.1) is 10.2 Å². The van der Waals surface area contributed by atoms with E-state index in [1.165, 1.54) is 11.8 Å². The van der Waals surface area contributed by atoms with E-state index in [4.69, 9.17) is 9.47 Å². The number of anilines is 1. The second-order valence-electron chi connectivity index (χ2n) is 8.46. The second-order valence-corrected chi connectivity index (χ2v) is 10.3. The number of carbonyl (C=O) groups excluding carboxylic acids is 1. The average molecular weight is 548 g/mol. The number of carbonyl (C=O) groups is 1. The van der Waals surface area contributed by atoms with Crippen molar-refractivity contribution in [2.75, 3.05) is 18.2 Å². The molecule has 182 valence electrons. The number of methoxy groups -OCH3 is 1. The van der Waals surface area contributed by atoms with Crippen LogP contribution in [0.2, 0.25) is 0 Å². The van der Waals surface area contributed by atoms with Gasteiger partial charge in [-0.05, 0) is 74.2 Å². The van der Waals surface area contributed by atoms with Crippen LogP contribution in [0.5, 0.6) is 11.5 Å². The lowest BCUT2D eigenvalue weighted by Gasteiger charge is -2.18. The molecule has 1 N–H and O–H groups in total. The molecule has 0 aliphatic rings. The van der Waals surface area contributed by atoms with E-state index >= 15 is 0 Å². The zero-order valence-corrected chi connectivity index (χ0v) is 22.8. The van der Waals surface area contributed by atoms with Crippen LogP contribution in [0.4, 0.5) is 5.69 Å². The van der Waals surface area contributed by atoms with Crippen LogP contribution in [0.1, 0.15) is 43.8 Å². The van der Waals surface area contributed by atoms with Crippen LogP contribution in [-0.4, -0.2) is 33.5 Å². The molecule has 0 saturated heterocycles. The molecule has 34 heavy (non-hydrogen) atoms. The van der Waals surface area contributed by atoms with Crippen LogP contribution >= 0.6 is 27.7 Å². The van der Waals surface area contributed by atoms with Crippen molar-refractivity contribution in [2.24, 2.45) is 5.92 Å². The van der Waals surface area contributed by atoms with Gasteiger partial charge in [0.2, 0.25) is 5.91 Å². The van der Waals surface area contributed by atoms with Gasteiger partial charge in [0.1, 0.15) is 11.5 Å². The number of rotatable bonds is 10. The Balaban J connectivity index is 1.70. The summed E-state index contributed by atoms with van der Waals surface area (Å²) in [5.41, 5.74) is 2.97. The number of nitrogens with one attached hydrogen (secondary N) is 1. The Morgan fingerprint density at radius 2 is 1.74 bits per heavy atom. The molecule has 0 saturated carbocycles. The van der Waals surface area contributed by atoms with E-state index in [2.05, 4.69) is 45.3 Å². The average Bonchev–Trinajstić information content (AvgIpc) is 3.20. The third-order valence-electron chi connectivity index (χ3n) is 5.36. The molecule has 1 aromatic heterocycles. The summed E-state index contributed by atoms with van der Waals surface area (Å²) in [6, 6.07) is 11.3. The van der Waals surface area contributed by atoms with Crippen molar-refractivity contribution < 1.29 is 14.3 Å². The lowest BCUT2D eigenvalue weighted by molar-refractivity contribution is -0.113. The summed E-state index contributed by atoms with van der Waals surface area (Å²) < 4.78 is 14.4. The Hall–Kier alpha value is -2.52. The fraction of sp³-hybridized carbons (Fsp3) is 0.400. The molecule has 1 unspecified atom stereocenters. The Labute approximate surface area is 213 Å². The van der Waals surface area contributed by atoms with E-state index < -0.39 is 0 Å². The van der Waals surface area contributed by atoms with Crippen LogP contribution in [0.15, 0.2) is 46.0 Å². The molecule has 9 heteroatoms. The summed E-state index contributed by atoms with van der Waals surface area (Å²) >= 11 is 4.90. The largest absolute Gasteiger partial charge is 0.497 e. The fourth-order valence-corrected chi connectivity index (χ4v) is 4.58. The zero-order chi connectivity index (χ0) is 24.8. The maximum atomic E-state index is 12.7. The monoisotopic (exact) mass is 546 g/mol. The molecule has 1 atom stereocenters. The molecule has 7 nitrogen and oxygen atoms in total. The van der Waals surface area contributed by atoms with Crippen molar-refractivity contribution >= 4 is 39.3 Å². The number of ether oxygens (including phenoxy) is 2. The van der Waals surface area contributed by atoms with Crippen molar-refractivity contribution in [3.05, 3.63) is 57.8 Å². The van der Waals surface area contributed by atoms with Gasteiger partial charge in [0.05, 0.1) is 12.9 Å². The molecule has 0 fully saturated rings. The van der Waals surface area contributed by atoms with Gasteiger partial charge < -0.3 is 19.4 Å². The Morgan fingerprint density at radius 3 is 2.38 bits per heavy atom. The molecule has 0 aliphatic heterocycles. The molecule has 1 heterocycles. The number of nitrogens with zero attached hydrogens (tertiary/aromatic N) is 3. The molecular formula is C25H31BrN4O3S. The van der Waals surface area contributed by atoms with E-state index in [1.807, 2.05) is 61.7 Å². The summed E-state index contributed by atoms with van der Waals surface area (Å²) in [4.78, 5) is 12.7. The number of benzene rings is 2. The van der Waals surface area contributed by atoms with Gasteiger partial charge in [-0.25, -0.2) is 0 Å². The zero-order valence-electron chi connectivity index (χ0n) is 20.4. The summed E-state index contributed by atoms with van der Waals surface area (Å²) in [5.74, 6) is 2.75. The lowest BCUT2D eigenvalue weighted by Crippen LogP contribution is -2.17. The summed E-state index contributed by atoms with van der Waals surface area (Å²) in [7, 11) is 1.63. The van der Waals surface area contributed by atoms with Crippen molar-refractivity contribution in [2.45, 2.75) is 52.4 Å². The number of thioether (sulfide) groups is 1. The van der Waals surface area contributed by atoms with Crippen LogP contribution in [0.25, 0.3) is 0 Å². The maximum Gasteiger partial charge on any atom is 0.234 e. The first kappa shape index (κ1) is 26.1. The van der Waals surface area contributed by atoms with Crippen molar-refractivity contribution in [1.82, 2.24) is 14.8 Å². The first-order valence-corrected chi connectivity index (χ1v) is 12.9. The normalized spacial score (nSPS) is 12.0. The van der Waals surface area contributed by atoms with Crippen LogP contribution < -0.4 is 14.8 Å². The standard InChI is InChI=1S/C25H31BrN4O3S/c1-15(2)13-30-24(18(5)33-20-9-7-19(32-6)8-10-20)28-29-25(30)34-14-23(31)27-22-12-11-21(26)16(3)17(22)4/h7-12,15,18H,13-14H2,1-6H3,(H,27,31). The SMILES string of the molecule is COc1ccc(OC(C)c2nnc(SCC(=O)Nc3ccc(Br)c(C)c3C)n2CC(C)C)cc1. The molecule has 0 spiro atoms. The van der Waals surface area contributed by atoms with Gasteiger partial charge in [-0.2, -0.15) is 0 Å². The lowest BCUT2D eigenvalue weighted by atomic mass is 10.1. The topological polar surface area (TPSA) is 78.3 Å². The third-order valence-corrected chi connectivity index (χ3v) is 7.18. The minimum absolute atomic E-state index is 0.0852. The molecule has 3 rings (SSSR count). The van der Waals surface area contributed by atoms with Crippen molar-refractivity contribution in [3.63, 3.8) is 0 Å². The van der Waals surface area contributed by atoms with Gasteiger partial charge in [-0.1, -0.05) is 41.5 Å². The van der Waals surface area contributed by atoms with Crippen LogP contribution in [0.3, 0.4) is 0 Å². The smallest absolute Gasteiger partial charge is 0.234 e. The van der Waals surface area contributed by atoms with Crippen LogP contribution in [-0.2, 0) is 11.3 Å². The molecule has 0 radical (unpaired) electrons. The number of hydrogen-bond donors (Lipinski definition) is 1. The fourth-order valence-electron chi connectivity index (χ4n) is 3.39. The van der Waals surface area contributed by atoms with Crippen LogP contribution in [0, 0.1) is 19.8 Å². The van der Waals surface area contributed by atoms with E-state index in [9.17, 15) is 4.79 Å². The number of amides is 1. The number of halogens is 1.